The zero-order valence-corrected chi connectivity index (χ0v) is 5.92. The molecule has 1 aromatic rings. The number of aromatic nitrogens is 2. The van der Waals surface area contributed by atoms with Gasteiger partial charge >= 0.3 is 0 Å². The molecule has 0 aliphatic carbocycles. The average Bonchev–Trinajstić information content (AvgIpc) is 2.38. The van der Waals surface area contributed by atoms with Crippen LogP contribution in [0.15, 0.2) is 19.1 Å². The zero-order valence-electron chi connectivity index (χ0n) is 5.92. The third-order valence-electron chi connectivity index (χ3n) is 1.12. The molecule has 0 atom stereocenters. The predicted octanol–water partition coefficient (Wildman–Crippen LogP) is 1.42. The molecule has 0 radical (unpaired) electrons. The molecule has 10 heavy (non-hydrogen) atoms. The second-order valence-corrected chi connectivity index (χ2v) is 1.82. The highest BCUT2D eigenvalue weighted by Crippen LogP contribution is 2.07. The summed E-state index contributed by atoms with van der Waals surface area (Å²) in [4.78, 5) is 6.72. The molecule has 0 aliphatic heterocycles. The molecule has 0 aliphatic rings. The van der Waals surface area contributed by atoms with Gasteiger partial charge < -0.3 is 9.72 Å². The summed E-state index contributed by atoms with van der Waals surface area (Å²) in [5.74, 6) is 0.639. The molecule has 3 heteroatoms. The Kier molecular flexibility index (Phi) is 2.10. The summed E-state index contributed by atoms with van der Waals surface area (Å²) < 4.78 is 5.12. The Hall–Kier alpha value is -1.25. The fraction of sp³-hybridized carbons (Fsp3) is 0.286. The predicted molar refractivity (Wildman–Crippen MR) is 39.2 cm³/mol. The molecule has 0 saturated heterocycles. The van der Waals surface area contributed by atoms with Crippen molar-refractivity contribution in [3.8, 4) is 0 Å². The highest BCUT2D eigenvalue weighted by molar-refractivity contribution is 5.51. The van der Waals surface area contributed by atoms with Crippen LogP contribution in [-0.2, 0) is 4.74 Å². The van der Waals surface area contributed by atoms with Gasteiger partial charge in [-0.2, -0.15) is 0 Å². The molecule has 1 heterocycles. The fourth-order valence-electron chi connectivity index (χ4n) is 0.660. The molecule has 0 unspecified atom stereocenters. The number of ether oxygens (including phenoxy) is 1. The number of nitrogens with zero attached hydrogens (tertiary/aromatic N) is 1. The molecule has 1 aromatic heterocycles. The van der Waals surface area contributed by atoms with E-state index in [0.29, 0.717) is 12.4 Å². The minimum absolute atomic E-state index is 0.637. The van der Waals surface area contributed by atoms with Crippen LogP contribution in [0.2, 0.25) is 0 Å². The van der Waals surface area contributed by atoms with Crippen LogP contribution in [0, 0.1) is 0 Å². The molecule has 0 spiro atoms. The first-order valence-corrected chi connectivity index (χ1v) is 3.15. The molecule has 0 saturated carbocycles. The van der Waals surface area contributed by atoms with E-state index < -0.39 is 0 Å². The maximum atomic E-state index is 5.12. The normalized spacial score (nSPS) is 9.30. The minimum Gasteiger partial charge on any atom is -0.492 e. The van der Waals surface area contributed by atoms with Crippen molar-refractivity contribution in [1.29, 1.82) is 0 Å². The number of hydrogen-bond acceptors (Lipinski definition) is 2. The SMILES string of the molecule is C=C(OCC)c1cnc[nH]1. The molecular weight excluding hydrogens is 128 g/mol. The van der Waals surface area contributed by atoms with Crippen molar-refractivity contribution in [2.45, 2.75) is 6.92 Å². The van der Waals surface area contributed by atoms with E-state index in [9.17, 15) is 0 Å². The number of hydrogen-bond donors (Lipinski definition) is 1. The van der Waals surface area contributed by atoms with Crippen molar-refractivity contribution in [3.05, 3.63) is 24.8 Å². The fourth-order valence-corrected chi connectivity index (χ4v) is 0.660. The van der Waals surface area contributed by atoms with Gasteiger partial charge in [-0.1, -0.05) is 6.58 Å². The van der Waals surface area contributed by atoms with Crippen LogP contribution < -0.4 is 0 Å². The maximum Gasteiger partial charge on any atom is 0.137 e. The van der Waals surface area contributed by atoms with Gasteiger partial charge in [-0.15, -0.1) is 0 Å². The lowest BCUT2D eigenvalue weighted by Gasteiger charge is -2.01. The lowest BCUT2D eigenvalue weighted by atomic mass is 10.4. The number of rotatable bonds is 3. The minimum atomic E-state index is 0.637. The standard InChI is InChI=1S/C7H10N2O/c1-3-10-6(2)7-4-8-5-9-7/h4-5H,2-3H2,1H3,(H,8,9). The van der Waals surface area contributed by atoms with Crippen molar-refractivity contribution in [3.63, 3.8) is 0 Å². The Morgan fingerprint density at radius 2 is 2.70 bits per heavy atom. The first-order valence-electron chi connectivity index (χ1n) is 3.15. The molecular formula is C7H10N2O. The van der Waals surface area contributed by atoms with E-state index in [1.54, 1.807) is 12.5 Å². The lowest BCUT2D eigenvalue weighted by molar-refractivity contribution is 0.298. The Balaban J connectivity index is 2.59. The summed E-state index contributed by atoms with van der Waals surface area (Å²) >= 11 is 0. The van der Waals surface area contributed by atoms with Crippen molar-refractivity contribution in [2.24, 2.45) is 0 Å². The molecule has 54 valence electrons. The quantitative estimate of drug-likeness (QED) is 0.641. The van der Waals surface area contributed by atoms with Gasteiger partial charge in [-0.05, 0) is 6.92 Å². The summed E-state index contributed by atoms with van der Waals surface area (Å²) in [6.07, 6.45) is 3.28. The van der Waals surface area contributed by atoms with E-state index in [-0.39, 0.29) is 0 Å². The Labute approximate surface area is 59.7 Å². The van der Waals surface area contributed by atoms with Crippen molar-refractivity contribution in [1.82, 2.24) is 9.97 Å². The van der Waals surface area contributed by atoms with Crippen LogP contribution in [0.3, 0.4) is 0 Å². The highest BCUT2D eigenvalue weighted by Gasteiger charge is 1.97. The van der Waals surface area contributed by atoms with Gasteiger partial charge in [0.05, 0.1) is 24.8 Å². The van der Waals surface area contributed by atoms with E-state index in [1.807, 2.05) is 6.92 Å². The zero-order chi connectivity index (χ0) is 7.40. The monoisotopic (exact) mass is 138 g/mol. The second-order valence-electron chi connectivity index (χ2n) is 1.82. The first kappa shape index (κ1) is 6.86. The molecule has 1 N–H and O–H groups in total. The van der Waals surface area contributed by atoms with E-state index in [0.717, 1.165) is 5.69 Å². The molecule has 0 bridgehead atoms. The van der Waals surface area contributed by atoms with Crippen LogP contribution in [0.25, 0.3) is 5.76 Å². The van der Waals surface area contributed by atoms with E-state index in [2.05, 4.69) is 16.5 Å². The second kappa shape index (κ2) is 3.06. The Morgan fingerprint density at radius 1 is 1.90 bits per heavy atom. The van der Waals surface area contributed by atoms with Gasteiger partial charge in [0.2, 0.25) is 0 Å². The summed E-state index contributed by atoms with van der Waals surface area (Å²) in [5.41, 5.74) is 0.835. The maximum absolute atomic E-state index is 5.12. The van der Waals surface area contributed by atoms with Crippen LogP contribution in [0.5, 0.6) is 0 Å². The third-order valence-corrected chi connectivity index (χ3v) is 1.12. The third kappa shape index (κ3) is 1.37. The molecule has 0 fully saturated rings. The molecule has 3 nitrogen and oxygen atoms in total. The lowest BCUT2D eigenvalue weighted by Crippen LogP contribution is -1.88. The van der Waals surface area contributed by atoms with Gasteiger partial charge in [-0.25, -0.2) is 4.98 Å². The molecule has 1 rings (SSSR count). The first-order chi connectivity index (χ1) is 4.84. The largest absolute Gasteiger partial charge is 0.492 e. The van der Waals surface area contributed by atoms with Crippen molar-refractivity contribution < 1.29 is 4.74 Å². The van der Waals surface area contributed by atoms with Crippen LogP contribution in [0.1, 0.15) is 12.6 Å². The van der Waals surface area contributed by atoms with E-state index in [4.69, 9.17) is 4.74 Å². The Bertz CT molecular complexity index is 203. The summed E-state index contributed by atoms with van der Waals surface area (Å²) in [5, 5.41) is 0. The van der Waals surface area contributed by atoms with Gasteiger partial charge in [0.1, 0.15) is 5.76 Å². The van der Waals surface area contributed by atoms with Crippen LogP contribution >= 0.6 is 0 Å². The number of imidazole rings is 1. The average molecular weight is 138 g/mol. The van der Waals surface area contributed by atoms with E-state index >= 15 is 0 Å². The Morgan fingerprint density at radius 3 is 3.20 bits per heavy atom. The van der Waals surface area contributed by atoms with Crippen LogP contribution in [-0.4, -0.2) is 16.6 Å². The van der Waals surface area contributed by atoms with Gasteiger partial charge in [0.25, 0.3) is 0 Å². The summed E-state index contributed by atoms with van der Waals surface area (Å²) in [7, 11) is 0. The highest BCUT2D eigenvalue weighted by atomic mass is 16.5. The van der Waals surface area contributed by atoms with Gasteiger partial charge in [0, 0.05) is 0 Å². The summed E-state index contributed by atoms with van der Waals surface area (Å²) in [6, 6.07) is 0. The van der Waals surface area contributed by atoms with E-state index in [1.165, 1.54) is 0 Å². The van der Waals surface area contributed by atoms with Crippen molar-refractivity contribution >= 4 is 5.76 Å². The van der Waals surface area contributed by atoms with Gasteiger partial charge in [-0.3, -0.25) is 0 Å². The molecule has 0 aromatic carbocycles. The molecule has 0 amide bonds. The number of nitrogens with one attached hydrogen (secondary N) is 1. The van der Waals surface area contributed by atoms with Gasteiger partial charge in [0.15, 0.2) is 0 Å². The summed E-state index contributed by atoms with van der Waals surface area (Å²) in [6.45, 7) is 6.25. The number of aromatic amines is 1. The smallest absolute Gasteiger partial charge is 0.137 e. The number of H-pyrrole nitrogens is 1. The van der Waals surface area contributed by atoms with Crippen LogP contribution in [0.4, 0.5) is 0 Å². The van der Waals surface area contributed by atoms with Crippen molar-refractivity contribution in [2.75, 3.05) is 6.61 Å². The topological polar surface area (TPSA) is 37.9 Å².